The van der Waals surface area contributed by atoms with Crippen molar-refractivity contribution in [2.75, 3.05) is 13.2 Å². The summed E-state index contributed by atoms with van der Waals surface area (Å²) in [5.74, 6) is 5.10. The highest BCUT2D eigenvalue weighted by molar-refractivity contribution is 5.66. The molecule has 0 radical (unpaired) electrons. The van der Waals surface area contributed by atoms with E-state index in [9.17, 15) is 20.1 Å². The number of esters is 2. The highest BCUT2D eigenvalue weighted by atomic mass is 16.5. The van der Waals surface area contributed by atoms with Crippen molar-refractivity contribution in [1.29, 1.82) is 10.5 Å². The van der Waals surface area contributed by atoms with Crippen LogP contribution in [0.1, 0.15) is 39.5 Å². The van der Waals surface area contributed by atoms with Crippen molar-refractivity contribution in [2.45, 2.75) is 39.5 Å². The van der Waals surface area contributed by atoms with Crippen molar-refractivity contribution in [3.63, 3.8) is 0 Å². The SMILES string of the molecule is C=C(COC(C)=O)[C@@H]1C(C(C#N)(C#N)CC#CCOC(C)=O)=C[C@H]2CCC1C2. The summed E-state index contributed by atoms with van der Waals surface area (Å²) in [4.78, 5) is 22.0. The van der Waals surface area contributed by atoms with E-state index in [1.807, 2.05) is 6.08 Å². The van der Waals surface area contributed by atoms with Gasteiger partial charge in [0, 0.05) is 26.2 Å². The molecule has 0 heterocycles. The van der Waals surface area contributed by atoms with Crippen LogP contribution >= 0.6 is 0 Å². The van der Waals surface area contributed by atoms with E-state index in [1.165, 1.54) is 13.8 Å². The number of hydrogen-bond donors (Lipinski definition) is 0. The average Bonchev–Trinajstić information content (AvgIpc) is 3.03. The van der Waals surface area contributed by atoms with Gasteiger partial charge in [-0.15, -0.1) is 0 Å². The largest absolute Gasteiger partial charge is 0.461 e. The minimum absolute atomic E-state index is 0.0177. The molecule has 2 bridgehead atoms. The quantitative estimate of drug-likeness (QED) is 0.399. The molecule has 0 amide bonds. The van der Waals surface area contributed by atoms with Crippen LogP contribution in [0.3, 0.4) is 0 Å². The Morgan fingerprint density at radius 1 is 1.18 bits per heavy atom. The number of nitrogens with zero attached hydrogens (tertiary/aromatic N) is 2. The van der Waals surface area contributed by atoms with E-state index in [0.717, 1.165) is 24.8 Å². The van der Waals surface area contributed by atoms with Crippen molar-refractivity contribution >= 4 is 11.9 Å². The molecule has 0 aliphatic heterocycles. The van der Waals surface area contributed by atoms with Crippen LogP contribution < -0.4 is 0 Å². The summed E-state index contributed by atoms with van der Waals surface area (Å²) in [6.07, 6.45) is 5.03. The Labute approximate surface area is 165 Å². The monoisotopic (exact) mass is 380 g/mol. The normalized spacial score (nSPS) is 22.6. The molecule has 6 nitrogen and oxygen atoms in total. The zero-order valence-electron chi connectivity index (χ0n) is 16.3. The summed E-state index contributed by atoms with van der Waals surface area (Å²) in [5, 5.41) is 19.8. The molecule has 0 N–H and O–H groups in total. The van der Waals surface area contributed by atoms with E-state index < -0.39 is 17.4 Å². The van der Waals surface area contributed by atoms with Crippen LogP contribution in [0.15, 0.2) is 23.8 Å². The first kappa shape index (κ1) is 21.3. The number of rotatable bonds is 6. The smallest absolute Gasteiger partial charge is 0.303 e. The molecule has 3 atom stereocenters. The Morgan fingerprint density at radius 3 is 2.46 bits per heavy atom. The molecular weight excluding hydrogens is 356 g/mol. The van der Waals surface area contributed by atoms with Gasteiger partial charge in [0.15, 0.2) is 12.0 Å². The molecule has 0 saturated heterocycles. The molecule has 2 aliphatic carbocycles. The molecule has 0 spiro atoms. The molecule has 2 aliphatic rings. The summed E-state index contributed by atoms with van der Waals surface area (Å²) in [7, 11) is 0. The number of nitriles is 2. The average molecular weight is 380 g/mol. The summed E-state index contributed by atoms with van der Waals surface area (Å²) >= 11 is 0. The minimum Gasteiger partial charge on any atom is -0.461 e. The maximum atomic E-state index is 11.2. The van der Waals surface area contributed by atoms with Crippen molar-refractivity contribution < 1.29 is 19.1 Å². The van der Waals surface area contributed by atoms with E-state index in [-0.39, 0.29) is 31.5 Å². The number of allylic oxidation sites excluding steroid dienone is 2. The third kappa shape index (κ3) is 4.81. The fourth-order valence-corrected chi connectivity index (χ4v) is 4.08. The maximum absolute atomic E-state index is 11.2. The lowest BCUT2D eigenvalue weighted by atomic mass is 9.65. The molecule has 1 saturated carbocycles. The fraction of sp³-hybridized carbons (Fsp3) is 0.545. The Balaban J connectivity index is 2.30. The zero-order chi connectivity index (χ0) is 20.7. The Hall–Kier alpha value is -3.04. The molecule has 6 heteroatoms. The molecule has 0 aromatic rings. The van der Waals surface area contributed by atoms with Crippen LogP contribution in [0.25, 0.3) is 0 Å². The summed E-state index contributed by atoms with van der Waals surface area (Å²) in [6, 6.07) is 4.33. The van der Waals surface area contributed by atoms with Crippen LogP contribution in [0.4, 0.5) is 0 Å². The van der Waals surface area contributed by atoms with Gasteiger partial charge in [-0.05, 0) is 42.2 Å². The predicted molar refractivity (Wildman–Crippen MR) is 101 cm³/mol. The third-order valence-electron chi connectivity index (χ3n) is 5.34. The number of hydrogen-bond acceptors (Lipinski definition) is 6. The molecule has 0 aromatic carbocycles. The van der Waals surface area contributed by atoms with Gasteiger partial charge in [0.05, 0.1) is 12.1 Å². The topological polar surface area (TPSA) is 100 Å². The summed E-state index contributed by atoms with van der Waals surface area (Å²) in [5.41, 5.74) is 0.0126. The predicted octanol–water partition coefficient (Wildman–Crippen LogP) is 3.07. The van der Waals surface area contributed by atoms with Gasteiger partial charge in [-0.2, -0.15) is 10.5 Å². The second kappa shape index (κ2) is 9.25. The summed E-state index contributed by atoms with van der Waals surface area (Å²) < 4.78 is 9.89. The van der Waals surface area contributed by atoms with Gasteiger partial charge < -0.3 is 9.47 Å². The lowest BCUT2D eigenvalue weighted by Crippen LogP contribution is -2.32. The van der Waals surface area contributed by atoms with Crippen molar-refractivity contribution in [1.82, 2.24) is 0 Å². The molecule has 0 aromatic heterocycles. The van der Waals surface area contributed by atoms with Gasteiger partial charge in [0.1, 0.15) is 6.61 Å². The second-order valence-electron chi connectivity index (χ2n) is 7.31. The van der Waals surface area contributed by atoms with Crippen LogP contribution in [0.5, 0.6) is 0 Å². The van der Waals surface area contributed by atoms with Crippen LogP contribution in [-0.2, 0) is 19.1 Å². The van der Waals surface area contributed by atoms with E-state index in [2.05, 4.69) is 30.6 Å². The molecule has 28 heavy (non-hydrogen) atoms. The number of ether oxygens (including phenoxy) is 2. The van der Waals surface area contributed by atoms with E-state index >= 15 is 0 Å². The molecule has 1 fully saturated rings. The first-order valence-electron chi connectivity index (χ1n) is 9.27. The second-order valence-corrected chi connectivity index (χ2v) is 7.31. The van der Waals surface area contributed by atoms with Gasteiger partial charge >= 0.3 is 11.9 Å². The third-order valence-corrected chi connectivity index (χ3v) is 5.34. The number of carbonyl (C=O) groups is 2. The lowest BCUT2D eigenvalue weighted by molar-refractivity contribution is -0.140. The fourth-order valence-electron chi connectivity index (χ4n) is 4.08. The van der Waals surface area contributed by atoms with Crippen molar-refractivity contribution in [2.24, 2.45) is 23.2 Å². The van der Waals surface area contributed by atoms with Gasteiger partial charge in [-0.25, -0.2) is 0 Å². The van der Waals surface area contributed by atoms with E-state index in [0.29, 0.717) is 11.5 Å². The summed E-state index contributed by atoms with van der Waals surface area (Å²) in [6.45, 7) is 6.72. The Bertz CT molecular complexity index is 817. The zero-order valence-corrected chi connectivity index (χ0v) is 16.3. The minimum atomic E-state index is -1.41. The lowest BCUT2D eigenvalue weighted by Gasteiger charge is -2.36. The Morgan fingerprint density at radius 2 is 1.86 bits per heavy atom. The van der Waals surface area contributed by atoms with Crippen LogP contribution in [0, 0.1) is 57.7 Å². The standard InChI is InChI=1S/C22H24N2O4/c1-15(12-28-17(3)26)21-19-7-6-18(10-19)11-20(21)22(13-23,14-24)8-4-5-9-27-16(2)25/h11,18-19,21H,1,6-10,12H2,2-3H3/t18-,19?,21-/m0/s1. The van der Waals surface area contributed by atoms with Gasteiger partial charge in [0.25, 0.3) is 0 Å². The van der Waals surface area contributed by atoms with Gasteiger partial charge in [-0.1, -0.05) is 24.5 Å². The first-order chi connectivity index (χ1) is 13.3. The van der Waals surface area contributed by atoms with Gasteiger partial charge in [0.2, 0.25) is 0 Å². The highest BCUT2D eigenvalue weighted by Gasteiger charge is 2.47. The molecule has 146 valence electrons. The molecule has 2 rings (SSSR count). The highest BCUT2D eigenvalue weighted by Crippen LogP contribution is 2.52. The van der Waals surface area contributed by atoms with E-state index in [4.69, 9.17) is 9.47 Å². The van der Waals surface area contributed by atoms with Crippen molar-refractivity contribution in [3.05, 3.63) is 23.8 Å². The van der Waals surface area contributed by atoms with E-state index in [1.54, 1.807) is 0 Å². The number of carbonyl (C=O) groups excluding carboxylic acids is 2. The van der Waals surface area contributed by atoms with Gasteiger partial charge in [-0.3, -0.25) is 9.59 Å². The van der Waals surface area contributed by atoms with Crippen LogP contribution in [0.2, 0.25) is 0 Å². The van der Waals surface area contributed by atoms with Crippen LogP contribution in [-0.4, -0.2) is 25.2 Å². The first-order valence-corrected chi connectivity index (χ1v) is 9.27. The van der Waals surface area contributed by atoms with Crippen molar-refractivity contribution in [3.8, 4) is 24.0 Å². The molecular formula is C22H24N2O4. The maximum Gasteiger partial charge on any atom is 0.303 e. The molecule has 1 unspecified atom stereocenters. The number of fused-ring (bicyclic) bond motifs is 2. The Kier molecular flexibility index (Phi) is 7.02.